The van der Waals surface area contributed by atoms with Crippen molar-refractivity contribution in [1.82, 2.24) is 20.1 Å². The Hall–Kier alpha value is -1.68. The largest absolute Gasteiger partial charge is 0.310 e. The van der Waals surface area contributed by atoms with Gasteiger partial charge >= 0.3 is 0 Å². The lowest BCUT2D eigenvalue weighted by atomic mass is 9.87. The van der Waals surface area contributed by atoms with Crippen molar-refractivity contribution >= 4 is 0 Å². The Morgan fingerprint density at radius 2 is 1.85 bits per heavy atom. The fourth-order valence-corrected chi connectivity index (χ4v) is 2.08. The van der Waals surface area contributed by atoms with Crippen LogP contribution >= 0.6 is 0 Å². The first-order chi connectivity index (χ1) is 9.50. The molecule has 0 aliphatic heterocycles. The maximum atomic E-state index is 4.30. The van der Waals surface area contributed by atoms with E-state index in [0.717, 1.165) is 25.5 Å². The average molecular weight is 272 g/mol. The summed E-state index contributed by atoms with van der Waals surface area (Å²) in [6.07, 6.45) is 1.62. The summed E-state index contributed by atoms with van der Waals surface area (Å²) in [7, 11) is 0. The van der Waals surface area contributed by atoms with Crippen LogP contribution in [0.25, 0.3) is 0 Å². The molecule has 4 nitrogen and oxygen atoms in total. The minimum atomic E-state index is 0.196. The highest BCUT2D eigenvalue weighted by molar-refractivity contribution is 5.27. The van der Waals surface area contributed by atoms with E-state index in [4.69, 9.17) is 0 Å². The van der Waals surface area contributed by atoms with Crippen molar-refractivity contribution in [2.24, 2.45) is 0 Å². The first-order valence-corrected chi connectivity index (χ1v) is 7.17. The molecule has 0 saturated carbocycles. The first-order valence-electron chi connectivity index (χ1n) is 7.17. The van der Waals surface area contributed by atoms with Crippen molar-refractivity contribution in [3.05, 3.63) is 47.5 Å². The lowest BCUT2D eigenvalue weighted by Gasteiger charge is -2.19. The molecule has 0 fully saturated rings. The SMILES string of the molecule is CCNCc1ncnn1Cc1ccc(C(C)(C)C)cc1. The smallest absolute Gasteiger partial charge is 0.141 e. The molecule has 0 spiro atoms. The highest BCUT2D eigenvalue weighted by Crippen LogP contribution is 2.22. The van der Waals surface area contributed by atoms with Gasteiger partial charge in [-0.15, -0.1) is 0 Å². The summed E-state index contributed by atoms with van der Waals surface area (Å²) in [5, 5.41) is 7.58. The quantitative estimate of drug-likeness (QED) is 0.910. The molecule has 1 aromatic carbocycles. The second-order valence-electron chi connectivity index (χ2n) is 6.06. The Morgan fingerprint density at radius 1 is 1.15 bits per heavy atom. The van der Waals surface area contributed by atoms with Crippen LogP contribution in [0.15, 0.2) is 30.6 Å². The van der Waals surface area contributed by atoms with Gasteiger partial charge in [-0.2, -0.15) is 5.10 Å². The third kappa shape index (κ3) is 3.67. The van der Waals surface area contributed by atoms with Crippen molar-refractivity contribution in [3.8, 4) is 0 Å². The molecule has 0 atom stereocenters. The number of nitrogens with one attached hydrogen (secondary N) is 1. The summed E-state index contributed by atoms with van der Waals surface area (Å²) >= 11 is 0. The van der Waals surface area contributed by atoms with Crippen LogP contribution in [0.4, 0.5) is 0 Å². The lowest BCUT2D eigenvalue weighted by molar-refractivity contribution is 0.585. The predicted octanol–water partition coefficient (Wildman–Crippen LogP) is 2.73. The molecule has 20 heavy (non-hydrogen) atoms. The maximum Gasteiger partial charge on any atom is 0.141 e. The van der Waals surface area contributed by atoms with Gasteiger partial charge in [-0.05, 0) is 23.1 Å². The number of hydrogen-bond acceptors (Lipinski definition) is 3. The van der Waals surface area contributed by atoms with E-state index in [1.54, 1.807) is 6.33 Å². The summed E-state index contributed by atoms with van der Waals surface area (Å²) in [4.78, 5) is 4.30. The fraction of sp³-hybridized carbons (Fsp3) is 0.500. The second-order valence-corrected chi connectivity index (χ2v) is 6.06. The van der Waals surface area contributed by atoms with Crippen molar-refractivity contribution in [3.63, 3.8) is 0 Å². The molecule has 0 aliphatic carbocycles. The van der Waals surface area contributed by atoms with E-state index in [0.29, 0.717) is 0 Å². The molecule has 0 bridgehead atoms. The Balaban J connectivity index is 2.09. The molecule has 0 unspecified atom stereocenters. The molecule has 1 N–H and O–H groups in total. The molecule has 1 heterocycles. The zero-order chi connectivity index (χ0) is 14.6. The Labute approximate surface area is 121 Å². The van der Waals surface area contributed by atoms with Gasteiger partial charge in [0.2, 0.25) is 0 Å². The summed E-state index contributed by atoms with van der Waals surface area (Å²) in [5.41, 5.74) is 2.80. The van der Waals surface area contributed by atoms with Crippen LogP contribution < -0.4 is 5.32 Å². The molecular weight excluding hydrogens is 248 g/mol. The monoisotopic (exact) mass is 272 g/mol. The molecule has 0 amide bonds. The maximum absolute atomic E-state index is 4.30. The average Bonchev–Trinajstić information content (AvgIpc) is 2.83. The van der Waals surface area contributed by atoms with Crippen LogP contribution in [0.5, 0.6) is 0 Å². The zero-order valence-electron chi connectivity index (χ0n) is 12.8. The molecule has 0 saturated heterocycles. The number of benzene rings is 1. The molecule has 0 radical (unpaired) electrons. The molecular formula is C16H24N4. The van der Waals surface area contributed by atoms with Gasteiger partial charge in [0.25, 0.3) is 0 Å². The van der Waals surface area contributed by atoms with Gasteiger partial charge in [-0.3, -0.25) is 0 Å². The van der Waals surface area contributed by atoms with Crippen LogP contribution in [0.1, 0.15) is 44.6 Å². The van der Waals surface area contributed by atoms with Crippen LogP contribution in [0.3, 0.4) is 0 Å². The standard InChI is InChI=1S/C16H24N4/c1-5-17-10-15-18-12-19-20(15)11-13-6-8-14(9-7-13)16(2,3)4/h6-9,12,17H,5,10-11H2,1-4H3. The highest BCUT2D eigenvalue weighted by Gasteiger charge is 2.13. The summed E-state index contributed by atoms with van der Waals surface area (Å²) in [6, 6.07) is 8.77. The summed E-state index contributed by atoms with van der Waals surface area (Å²) in [6.45, 7) is 11.2. The zero-order valence-corrected chi connectivity index (χ0v) is 12.8. The van der Waals surface area contributed by atoms with Crippen molar-refractivity contribution in [2.75, 3.05) is 6.54 Å². The van der Waals surface area contributed by atoms with E-state index in [1.165, 1.54) is 11.1 Å². The van der Waals surface area contributed by atoms with Crippen molar-refractivity contribution in [1.29, 1.82) is 0 Å². The Kier molecular flexibility index (Phi) is 4.55. The highest BCUT2D eigenvalue weighted by atomic mass is 15.3. The van der Waals surface area contributed by atoms with E-state index in [-0.39, 0.29) is 5.41 Å². The minimum Gasteiger partial charge on any atom is -0.310 e. The molecule has 108 valence electrons. The van der Waals surface area contributed by atoms with Gasteiger partial charge in [-0.25, -0.2) is 9.67 Å². The third-order valence-electron chi connectivity index (χ3n) is 3.38. The first kappa shape index (κ1) is 14.7. The normalized spacial score (nSPS) is 11.8. The van der Waals surface area contributed by atoms with E-state index >= 15 is 0 Å². The third-order valence-corrected chi connectivity index (χ3v) is 3.38. The van der Waals surface area contributed by atoms with Gasteiger partial charge in [0.05, 0.1) is 13.1 Å². The molecule has 2 aromatic rings. The molecule has 0 aliphatic rings. The molecule has 1 aromatic heterocycles. The number of nitrogens with zero attached hydrogens (tertiary/aromatic N) is 3. The number of aromatic nitrogens is 3. The van der Waals surface area contributed by atoms with E-state index < -0.39 is 0 Å². The molecule has 2 rings (SSSR count). The minimum absolute atomic E-state index is 0.196. The number of hydrogen-bond donors (Lipinski definition) is 1. The van der Waals surface area contributed by atoms with Crippen molar-refractivity contribution in [2.45, 2.75) is 46.2 Å². The second kappa shape index (κ2) is 6.18. The van der Waals surface area contributed by atoms with Gasteiger partial charge in [0, 0.05) is 0 Å². The van der Waals surface area contributed by atoms with Gasteiger partial charge in [0.1, 0.15) is 12.2 Å². The molecule has 4 heteroatoms. The van der Waals surface area contributed by atoms with Crippen LogP contribution in [0, 0.1) is 0 Å². The van der Waals surface area contributed by atoms with Crippen LogP contribution in [-0.2, 0) is 18.5 Å². The lowest BCUT2D eigenvalue weighted by Crippen LogP contribution is -2.17. The Bertz CT molecular complexity index is 534. The fourth-order valence-electron chi connectivity index (χ4n) is 2.08. The van der Waals surface area contributed by atoms with Crippen molar-refractivity contribution < 1.29 is 0 Å². The van der Waals surface area contributed by atoms with E-state index in [2.05, 4.69) is 67.4 Å². The topological polar surface area (TPSA) is 42.7 Å². The van der Waals surface area contributed by atoms with Gasteiger partial charge in [-0.1, -0.05) is 52.0 Å². The van der Waals surface area contributed by atoms with E-state index in [9.17, 15) is 0 Å². The number of rotatable bonds is 5. The van der Waals surface area contributed by atoms with Gasteiger partial charge < -0.3 is 5.32 Å². The van der Waals surface area contributed by atoms with Gasteiger partial charge in [0.15, 0.2) is 0 Å². The summed E-state index contributed by atoms with van der Waals surface area (Å²) in [5.74, 6) is 0.978. The van der Waals surface area contributed by atoms with Crippen LogP contribution in [0.2, 0.25) is 0 Å². The van der Waals surface area contributed by atoms with E-state index in [1.807, 2.05) is 4.68 Å². The van der Waals surface area contributed by atoms with Crippen LogP contribution in [-0.4, -0.2) is 21.3 Å². The summed E-state index contributed by atoms with van der Waals surface area (Å²) < 4.78 is 1.95. The predicted molar refractivity (Wildman–Crippen MR) is 81.6 cm³/mol. The Morgan fingerprint density at radius 3 is 2.45 bits per heavy atom.